The smallest absolute Gasteiger partial charge is 0.166 e. The third-order valence-corrected chi connectivity index (χ3v) is 8.96. The molecule has 2 heterocycles. The van der Waals surface area contributed by atoms with Crippen LogP contribution in [0.15, 0.2) is 12.1 Å². The second-order valence-corrected chi connectivity index (χ2v) is 10.2. The number of methoxy groups -OCH3 is 2. The lowest BCUT2D eigenvalue weighted by molar-refractivity contribution is -0.231. The van der Waals surface area contributed by atoms with E-state index in [0.29, 0.717) is 12.0 Å². The molecule has 158 valence electrons. The van der Waals surface area contributed by atoms with Crippen LogP contribution in [-0.2, 0) is 16.6 Å². The van der Waals surface area contributed by atoms with Gasteiger partial charge in [0.1, 0.15) is 0 Å². The minimum absolute atomic E-state index is 0.0182. The summed E-state index contributed by atoms with van der Waals surface area (Å²) in [6.45, 7) is 2.48. The molecule has 5 atom stereocenters. The first-order valence-electron chi connectivity index (χ1n) is 11.4. The van der Waals surface area contributed by atoms with Crippen LogP contribution in [0.3, 0.4) is 0 Å². The van der Waals surface area contributed by atoms with Crippen LogP contribution in [0.1, 0.15) is 43.2 Å². The van der Waals surface area contributed by atoms with Crippen molar-refractivity contribution in [3.8, 4) is 11.5 Å². The quantitative estimate of drug-likeness (QED) is 0.712. The van der Waals surface area contributed by atoms with Crippen molar-refractivity contribution in [3.63, 3.8) is 0 Å². The predicted octanol–water partition coefficient (Wildman–Crippen LogP) is 3.05. The number of hydrogen-bond donors (Lipinski definition) is 0. The van der Waals surface area contributed by atoms with Gasteiger partial charge >= 0.3 is 0 Å². The third-order valence-electron chi connectivity index (χ3n) is 8.96. The lowest BCUT2D eigenvalue weighted by Gasteiger charge is -2.63. The van der Waals surface area contributed by atoms with Gasteiger partial charge in [-0.25, -0.2) is 0 Å². The summed E-state index contributed by atoms with van der Waals surface area (Å²) in [7, 11) is 7.92. The van der Waals surface area contributed by atoms with E-state index in [9.17, 15) is 0 Å². The Morgan fingerprint density at radius 1 is 1.17 bits per heavy atom. The molecule has 1 aromatic carbocycles. The summed E-state index contributed by atoms with van der Waals surface area (Å²) in [5.74, 6) is 3.47. The van der Waals surface area contributed by atoms with Gasteiger partial charge in [-0.2, -0.15) is 0 Å². The molecule has 0 amide bonds. The maximum Gasteiger partial charge on any atom is 0.166 e. The number of rotatable bonds is 5. The molecule has 5 heteroatoms. The predicted molar refractivity (Wildman–Crippen MR) is 112 cm³/mol. The van der Waals surface area contributed by atoms with Crippen molar-refractivity contribution in [2.75, 3.05) is 41.4 Å². The normalized spacial score (nSPS) is 40.0. The molecule has 3 fully saturated rings. The highest BCUT2D eigenvalue weighted by molar-refractivity contribution is 5.61. The summed E-state index contributed by atoms with van der Waals surface area (Å²) in [4.78, 5) is 5.10. The summed E-state index contributed by atoms with van der Waals surface area (Å²) in [6.07, 6.45) is 7.42. The summed E-state index contributed by atoms with van der Waals surface area (Å²) in [5.41, 5.74) is 2.59. The minimum Gasteiger partial charge on any atom is -0.493 e. The van der Waals surface area contributed by atoms with E-state index < -0.39 is 5.72 Å². The van der Waals surface area contributed by atoms with Crippen LogP contribution in [0.5, 0.6) is 11.5 Å². The van der Waals surface area contributed by atoms with Crippen molar-refractivity contribution in [1.82, 2.24) is 9.80 Å². The van der Waals surface area contributed by atoms with Gasteiger partial charge < -0.3 is 14.2 Å². The lowest BCUT2D eigenvalue weighted by Crippen LogP contribution is -2.73. The fourth-order valence-electron chi connectivity index (χ4n) is 7.47. The standard InChI is InChI=1S/C24H34N2O3/c1-25(2)24(28-4)10-9-17-18-13-16-7-8-19(27-3)21-20(16)23(17,22(24)29-21)11-12-26(18)14-15-5-6-15/h7-8,15,17-18,22H,5-6,9-14H2,1-4H3. The van der Waals surface area contributed by atoms with E-state index in [2.05, 4.69) is 36.0 Å². The van der Waals surface area contributed by atoms with Crippen molar-refractivity contribution in [2.24, 2.45) is 11.8 Å². The first-order valence-corrected chi connectivity index (χ1v) is 11.4. The van der Waals surface area contributed by atoms with Crippen LogP contribution < -0.4 is 9.47 Å². The van der Waals surface area contributed by atoms with E-state index in [4.69, 9.17) is 14.2 Å². The molecule has 1 aromatic rings. The molecular formula is C24H34N2O3. The number of nitrogens with zero attached hydrogens (tertiary/aromatic N) is 2. The molecule has 5 nitrogen and oxygen atoms in total. The van der Waals surface area contributed by atoms with E-state index in [-0.39, 0.29) is 11.5 Å². The Kier molecular flexibility index (Phi) is 3.89. The molecule has 2 saturated carbocycles. The van der Waals surface area contributed by atoms with Gasteiger partial charge in [0.15, 0.2) is 23.3 Å². The molecule has 1 spiro atoms. The fraction of sp³-hybridized carbons (Fsp3) is 0.750. The molecule has 5 aliphatic rings. The number of piperidine rings is 1. The van der Waals surface area contributed by atoms with Gasteiger partial charge in [-0.05, 0) is 82.6 Å². The molecule has 29 heavy (non-hydrogen) atoms. The molecule has 6 rings (SSSR count). The highest BCUT2D eigenvalue weighted by Crippen LogP contribution is 2.66. The van der Waals surface area contributed by atoms with Crippen LogP contribution in [0.25, 0.3) is 0 Å². The summed E-state index contributed by atoms with van der Waals surface area (Å²) < 4.78 is 19.0. The highest BCUT2D eigenvalue weighted by Gasteiger charge is 2.70. The van der Waals surface area contributed by atoms with Crippen LogP contribution in [0.4, 0.5) is 0 Å². The van der Waals surface area contributed by atoms with Crippen molar-refractivity contribution < 1.29 is 14.2 Å². The maximum absolute atomic E-state index is 6.89. The van der Waals surface area contributed by atoms with E-state index in [1.807, 2.05) is 7.11 Å². The molecule has 2 aliphatic heterocycles. The van der Waals surface area contributed by atoms with Crippen LogP contribution in [0.2, 0.25) is 0 Å². The maximum atomic E-state index is 6.89. The molecule has 2 bridgehead atoms. The van der Waals surface area contributed by atoms with Gasteiger partial charge in [0.05, 0.1) is 7.11 Å². The van der Waals surface area contributed by atoms with E-state index in [0.717, 1.165) is 36.7 Å². The van der Waals surface area contributed by atoms with Crippen molar-refractivity contribution >= 4 is 0 Å². The second kappa shape index (κ2) is 6.12. The van der Waals surface area contributed by atoms with Gasteiger partial charge in [0.25, 0.3) is 0 Å². The first-order chi connectivity index (χ1) is 14.0. The van der Waals surface area contributed by atoms with Crippen molar-refractivity contribution in [2.45, 2.75) is 61.8 Å². The molecule has 3 aliphatic carbocycles. The Labute approximate surface area is 174 Å². The van der Waals surface area contributed by atoms with Gasteiger partial charge in [-0.15, -0.1) is 0 Å². The molecule has 1 saturated heterocycles. The second-order valence-electron chi connectivity index (χ2n) is 10.2. The zero-order valence-electron chi connectivity index (χ0n) is 18.2. The lowest BCUT2D eigenvalue weighted by atomic mass is 9.50. The van der Waals surface area contributed by atoms with Gasteiger partial charge in [0, 0.05) is 30.7 Å². The Bertz CT molecular complexity index is 838. The van der Waals surface area contributed by atoms with Gasteiger partial charge in [-0.1, -0.05) is 6.07 Å². The Morgan fingerprint density at radius 2 is 2.00 bits per heavy atom. The summed E-state index contributed by atoms with van der Waals surface area (Å²) in [6, 6.07) is 5.07. The van der Waals surface area contributed by atoms with Crippen molar-refractivity contribution in [3.05, 3.63) is 23.3 Å². The third kappa shape index (κ3) is 2.22. The largest absolute Gasteiger partial charge is 0.493 e. The van der Waals surface area contributed by atoms with Crippen LogP contribution in [-0.4, -0.2) is 69.1 Å². The number of likely N-dealkylation sites (N-methyl/N-ethyl adjacent to an activating group) is 1. The SMILES string of the molecule is COc1ccc2c3c1OC1C34CCN(CC3CC3)C(C2)C4CCC1(OC)N(C)C. The molecule has 0 N–H and O–H groups in total. The number of hydrogen-bond acceptors (Lipinski definition) is 5. The Morgan fingerprint density at radius 3 is 2.69 bits per heavy atom. The number of likely N-dealkylation sites (tertiary alicyclic amines) is 1. The van der Waals surface area contributed by atoms with Crippen LogP contribution >= 0.6 is 0 Å². The minimum atomic E-state index is -0.391. The molecule has 5 unspecified atom stereocenters. The van der Waals surface area contributed by atoms with Crippen LogP contribution in [0, 0.1) is 11.8 Å². The number of benzene rings is 1. The number of ether oxygens (including phenoxy) is 3. The molecule has 0 radical (unpaired) electrons. The van der Waals surface area contributed by atoms with Gasteiger partial charge in [-0.3, -0.25) is 9.80 Å². The van der Waals surface area contributed by atoms with E-state index >= 15 is 0 Å². The topological polar surface area (TPSA) is 34.2 Å². The Hall–Kier alpha value is -1.30. The average molecular weight is 399 g/mol. The fourth-order valence-corrected chi connectivity index (χ4v) is 7.47. The average Bonchev–Trinajstić information content (AvgIpc) is 3.47. The Balaban J connectivity index is 1.53. The highest BCUT2D eigenvalue weighted by atomic mass is 16.6. The summed E-state index contributed by atoms with van der Waals surface area (Å²) in [5, 5.41) is 0. The monoisotopic (exact) mass is 398 g/mol. The first kappa shape index (κ1) is 18.5. The van der Waals surface area contributed by atoms with E-state index in [1.165, 1.54) is 43.5 Å². The zero-order chi connectivity index (χ0) is 20.0. The molecular weight excluding hydrogens is 364 g/mol. The summed E-state index contributed by atoms with van der Waals surface area (Å²) >= 11 is 0. The van der Waals surface area contributed by atoms with Crippen molar-refractivity contribution in [1.29, 1.82) is 0 Å². The zero-order valence-corrected chi connectivity index (χ0v) is 18.2. The van der Waals surface area contributed by atoms with E-state index in [1.54, 1.807) is 7.11 Å². The van der Waals surface area contributed by atoms with Gasteiger partial charge in [0.2, 0.25) is 0 Å². The molecule has 0 aromatic heterocycles.